The van der Waals surface area contributed by atoms with Crippen LogP contribution in [0, 0.1) is 0 Å². The summed E-state index contributed by atoms with van der Waals surface area (Å²) in [5.74, 6) is -0.228. The van der Waals surface area contributed by atoms with Crippen molar-refractivity contribution in [2.24, 2.45) is 0 Å². The molecule has 136 valence electrons. The number of rotatable bonds is 7. The Morgan fingerprint density at radius 1 is 1.35 bits per heavy atom. The first-order valence-electron chi connectivity index (χ1n) is 8.00. The summed E-state index contributed by atoms with van der Waals surface area (Å²) in [5, 5.41) is 7.47. The highest BCUT2D eigenvalue weighted by atomic mass is 35.5. The molecular formula is C17H16ClN3O4S. The molecule has 0 aliphatic heterocycles. The van der Waals surface area contributed by atoms with Gasteiger partial charge in [-0.25, -0.2) is 0 Å². The molecule has 1 aromatic carbocycles. The zero-order valence-electron chi connectivity index (χ0n) is 14.0. The van der Waals surface area contributed by atoms with Crippen LogP contribution in [0.15, 0.2) is 28.8 Å². The summed E-state index contributed by atoms with van der Waals surface area (Å²) >= 11 is 7.51. The summed E-state index contributed by atoms with van der Waals surface area (Å²) in [6.07, 6.45) is 1.59. The standard InChI is InChI=1S/C17H16ClN3O4S/c1-2-5-12-20-13(25-21-12)9-24-14(22)8-19-17(23)16-15(18)10-6-3-4-7-11(10)26-16/h3-4,6-7H,2,5,8-9H2,1H3,(H,19,23). The summed E-state index contributed by atoms with van der Waals surface area (Å²) in [5.41, 5.74) is 0. The molecule has 0 saturated heterocycles. The highest BCUT2D eigenvalue weighted by Crippen LogP contribution is 2.34. The average molecular weight is 394 g/mol. The number of ether oxygens (including phenoxy) is 1. The molecule has 0 atom stereocenters. The molecule has 0 unspecified atom stereocenters. The van der Waals surface area contributed by atoms with E-state index in [-0.39, 0.29) is 19.0 Å². The maximum Gasteiger partial charge on any atom is 0.325 e. The van der Waals surface area contributed by atoms with Crippen molar-refractivity contribution in [1.82, 2.24) is 15.5 Å². The van der Waals surface area contributed by atoms with Crippen LogP contribution in [0.3, 0.4) is 0 Å². The van der Waals surface area contributed by atoms with Crippen molar-refractivity contribution in [2.45, 2.75) is 26.4 Å². The van der Waals surface area contributed by atoms with Crippen molar-refractivity contribution in [1.29, 1.82) is 0 Å². The van der Waals surface area contributed by atoms with Crippen molar-refractivity contribution >= 4 is 44.9 Å². The highest BCUT2D eigenvalue weighted by molar-refractivity contribution is 7.21. The normalized spacial score (nSPS) is 10.8. The van der Waals surface area contributed by atoms with E-state index in [1.807, 2.05) is 31.2 Å². The number of nitrogens with zero attached hydrogens (tertiary/aromatic N) is 2. The van der Waals surface area contributed by atoms with Crippen molar-refractivity contribution in [2.75, 3.05) is 6.54 Å². The number of carbonyl (C=O) groups excluding carboxylic acids is 2. The molecular weight excluding hydrogens is 378 g/mol. The van der Waals surface area contributed by atoms with Gasteiger partial charge < -0.3 is 14.6 Å². The number of hydrogen-bond acceptors (Lipinski definition) is 7. The van der Waals surface area contributed by atoms with Crippen LogP contribution in [0.25, 0.3) is 10.1 Å². The van der Waals surface area contributed by atoms with Gasteiger partial charge in [-0.05, 0) is 12.5 Å². The molecule has 2 aromatic heterocycles. The largest absolute Gasteiger partial charge is 0.454 e. The van der Waals surface area contributed by atoms with E-state index in [4.69, 9.17) is 20.9 Å². The Morgan fingerprint density at radius 2 is 2.15 bits per heavy atom. The second-order valence-corrected chi connectivity index (χ2v) is 6.87. The van der Waals surface area contributed by atoms with E-state index in [0.717, 1.165) is 16.5 Å². The number of thiophene rings is 1. The monoisotopic (exact) mass is 393 g/mol. The highest BCUT2D eigenvalue weighted by Gasteiger charge is 2.18. The number of fused-ring (bicyclic) bond motifs is 1. The molecule has 26 heavy (non-hydrogen) atoms. The Morgan fingerprint density at radius 3 is 2.92 bits per heavy atom. The summed E-state index contributed by atoms with van der Waals surface area (Å²) in [4.78, 5) is 28.5. The molecule has 0 saturated carbocycles. The molecule has 0 radical (unpaired) electrons. The fourth-order valence-corrected chi connectivity index (χ4v) is 3.69. The molecule has 1 amide bonds. The van der Waals surface area contributed by atoms with E-state index in [2.05, 4.69) is 15.5 Å². The smallest absolute Gasteiger partial charge is 0.325 e. The Kier molecular flexibility index (Phi) is 5.85. The van der Waals surface area contributed by atoms with Gasteiger partial charge in [0.25, 0.3) is 11.8 Å². The van der Waals surface area contributed by atoms with Crippen LogP contribution in [0.4, 0.5) is 0 Å². The van der Waals surface area contributed by atoms with Gasteiger partial charge in [-0.15, -0.1) is 11.3 Å². The van der Waals surface area contributed by atoms with E-state index in [0.29, 0.717) is 22.1 Å². The number of amides is 1. The zero-order chi connectivity index (χ0) is 18.5. The summed E-state index contributed by atoms with van der Waals surface area (Å²) in [6.45, 7) is 1.59. The minimum Gasteiger partial charge on any atom is -0.454 e. The second kappa shape index (κ2) is 8.29. The SMILES string of the molecule is CCCc1noc(COC(=O)CNC(=O)c2sc3ccccc3c2Cl)n1. The van der Waals surface area contributed by atoms with Crippen LogP contribution in [-0.2, 0) is 22.6 Å². The molecule has 9 heteroatoms. The number of carbonyl (C=O) groups is 2. The van der Waals surface area contributed by atoms with Crippen molar-refractivity contribution in [3.8, 4) is 0 Å². The van der Waals surface area contributed by atoms with Gasteiger partial charge in [-0.3, -0.25) is 9.59 Å². The Balaban J connectivity index is 1.51. The average Bonchev–Trinajstić information content (AvgIpc) is 3.23. The van der Waals surface area contributed by atoms with Crippen LogP contribution >= 0.6 is 22.9 Å². The van der Waals surface area contributed by atoms with Gasteiger partial charge in [0.15, 0.2) is 12.4 Å². The molecule has 0 spiro atoms. The molecule has 7 nitrogen and oxygen atoms in total. The zero-order valence-corrected chi connectivity index (χ0v) is 15.5. The van der Waals surface area contributed by atoms with Crippen molar-refractivity contribution in [3.63, 3.8) is 0 Å². The maximum absolute atomic E-state index is 12.3. The topological polar surface area (TPSA) is 94.3 Å². The maximum atomic E-state index is 12.3. The van der Waals surface area contributed by atoms with E-state index < -0.39 is 11.9 Å². The van der Waals surface area contributed by atoms with Gasteiger partial charge in [-0.1, -0.05) is 41.9 Å². The van der Waals surface area contributed by atoms with Crippen LogP contribution in [-0.4, -0.2) is 28.6 Å². The third-order valence-corrected chi connectivity index (χ3v) is 5.15. The van der Waals surface area contributed by atoms with Crippen molar-refractivity contribution in [3.05, 3.63) is 45.9 Å². The van der Waals surface area contributed by atoms with E-state index in [1.165, 1.54) is 11.3 Å². The Bertz CT molecular complexity index is 937. The van der Waals surface area contributed by atoms with Gasteiger partial charge in [-0.2, -0.15) is 4.98 Å². The number of esters is 1. The van der Waals surface area contributed by atoms with Crippen LogP contribution < -0.4 is 5.32 Å². The number of aryl methyl sites for hydroxylation is 1. The van der Waals surface area contributed by atoms with Crippen LogP contribution in [0.1, 0.15) is 34.7 Å². The molecule has 3 aromatic rings. The first-order chi connectivity index (χ1) is 12.6. The Labute approximate surface area is 158 Å². The first-order valence-corrected chi connectivity index (χ1v) is 9.20. The second-order valence-electron chi connectivity index (χ2n) is 5.44. The molecule has 3 rings (SSSR count). The fourth-order valence-electron chi connectivity index (χ4n) is 2.26. The lowest BCUT2D eigenvalue weighted by molar-refractivity contribution is -0.144. The molecule has 0 aliphatic carbocycles. The number of nitrogens with one attached hydrogen (secondary N) is 1. The van der Waals surface area contributed by atoms with E-state index in [1.54, 1.807) is 0 Å². The molecule has 0 fully saturated rings. The molecule has 1 N–H and O–H groups in total. The Hall–Kier alpha value is -2.45. The summed E-state index contributed by atoms with van der Waals surface area (Å²) in [7, 11) is 0. The van der Waals surface area contributed by atoms with Gasteiger partial charge in [0.2, 0.25) is 0 Å². The number of hydrogen-bond donors (Lipinski definition) is 1. The lowest BCUT2D eigenvalue weighted by Crippen LogP contribution is -2.30. The van der Waals surface area contributed by atoms with Gasteiger partial charge >= 0.3 is 5.97 Å². The number of halogens is 1. The van der Waals surface area contributed by atoms with Gasteiger partial charge in [0.05, 0.1) is 5.02 Å². The first kappa shape index (κ1) is 18.3. The number of benzene rings is 1. The quantitative estimate of drug-likeness (QED) is 0.618. The van der Waals surface area contributed by atoms with Gasteiger partial charge in [0, 0.05) is 16.5 Å². The lowest BCUT2D eigenvalue weighted by Gasteiger charge is -2.04. The van der Waals surface area contributed by atoms with Crippen LogP contribution in [0.2, 0.25) is 5.02 Å². The predicted molar refractivity (Wildman–Crippen MR) is 97.3 cm³/mol. The van der Waals surface area contributed by atoms with E-state index in [9.17, 15) is 9.59 Å². The number of aromatic nitrogens is 2. The van der Waals surface area contributed by atoms with E-state index >= 15 is 0 Å². The summed E-state index contributed by atoms with van der Waals surface area (Å²) < 4.78 is 10.9. The fraction of sp³-hybridized carbons (Fsp3) is 0.294. The minimum atomic E-state index is -0.606. The minimum absolute atomic E-state index is 0.130. The third-order valence-electron chi connectivity index (χ3n) is 3.47. The lowest BCUT2D eigenvalue weighted by atomic mass is 10.2. The molecule has 2 heterocycles. The third kappa shape index (κ3) is 4.20. The predicted octanol–water partition coefficient (Wildman–Crippen LogP) is 3.36. The van der Waals surface area contributed by atoms with Crippen LogP contribution in [0.5, 0.6) is 0 Å². The molecule has 0 bridgehead atoms. The van der Waals surface area contributed by atoms with Crippen molar-refractivity contribution < 1.29 is 18.8 Å². The summed E-state index contributed by atoms with van der Waals surface area (Å²) in [6, 6.07) is 7.45. The van der Waals surface area contributed by atoms with Gasteiger partial charge in [0.1, 0.15) is 11.4 Å². The molecule has 0 aliphatic rings.